The lowest BCUT2D eigenvalue weighted by Crippen LogP contribution is -2.59. The first-order valence-electron chi connectivity index (χ1n) is 18.4. The summed E-state index contributed by atoms with van der Waals surface area (Å²) in [5.74, 6) is -5.69. The summed E-state index contributed by atoms with van der Waals surface area (Å²) in [6.45, 7) is 7.24. The molecule has 310 valence electrons. The van der Waals surface area contributed by atoms with Gasteiger partial charge in [-0.3, -0.25) is 33.6 Å². The molecule has 7 amide bonds. The van der Waals surface area contributed by atoms with Crippen LogP contribution in [0.2, 0.25) is 0 Å². The van der Waals surface area contributed by atoms with Gasteiger partial charge in [-0.25, -0.2) is 4.79 Å². The van der Waals surface area contributed by atoms with Gasteiger partial charge in [0.1, 0.15) is 36.3 Å². The number of amides is 7. The Morgan fingerprint density at radius 2 is 1.02 bits per heavy atom. The number of hydrogen-bond donors (Lipinski definition) is 11. The van der Waals surface area contributed by atoms with E-state index < -0.39 is 89.6 Å². The van der Waals surface area contributed by atoms with Crippen molar-refractivity contribution in [2.75, 3.05) is 25.1 Å². The highest BCUT2D eigenvalue weighted by atomic mass is 32.2. The van der Waals surface area contributed by atoms with E-state index in [1.807, 2.05) is 20.1 Å². The lowest BCUT2D eigenvalue weighted by Gasteiger charge is -2.27. The summed E-state index contributed by atoms with van der Waals surface area (Å²) >= 11 is 1.45. The molecule has 0 aliphatic rings. The fourth-order valence-corrected chi connectivity index (χ4v) is 5.53. The van der Waals surface area contributed by atoms with E-state index in [0.29, 0.717) is 50.9 Å². The number of unbranched alkanes of at least 4 members (excludes halogenated alkanes) is 2. The molecule has 54 heavy (non-hydrogen) atoms. The van der Waals surface area contributed by atoms with Crippen molar-refractivity contribution in [1.82, 2.24) is 31.9 Å². The molecule has 15 N–H and O–H groups in total. The van der Waals surface area contributed by atoms with Gasteiger partial charge in [-0.1, -0.05) is 20.3 Å². The second kappa shape index (κ2) is 27.6. The second-order valence-electron chi connectivity index (χ2n) is 13.6. The Balaban J connectivity index is 5.79. The largest absolute Gasteiger partial charge is 0.480 e. The van der Waals surface area contributed by atoms with Crippen molar-refractivity contribution in [2.24, 2.45) is 28.9 Å². The minimum Gasteiger partial charge on any atom is -0.480 e. The van der Waals surface area contributed by atoms with Crippen LogP contribution in [-0.2, 0) is 38.4 Å². The van der Waals surface area contributed by atoms with Crippen molar-refractivity contribution in [2.45, 2.75) is 134 Å². The second-order valence-corrected chi connectivity index (χ2v) is 14.6. The van der Waals surface area contributed by atoms with E-state index >= 15 is 0 Å². The van der Waals surface area contributed by atoms with Gasteiger partial charge in [0.05, 0.1) is 6.04 Å². The summed E-state index contributed by atoms with van der Waals surface area (Å²) < 4.78 is 0. The van der Waals surface area contributed by atoms with Crippen LogP contribution in [-0.4, -0.2) is 120 Å². The van der Waals surface area contributed by atoms with Gasteiger partial charge in [0.2, 0.25) is 41.4 Å². The fourth-order valence-electron chi connectivity index (χ4n) is 5.06. The van der Waals surface area contributed by atoms with E-state index in [2.05, 4.69) is 31.9 Å². The molecule has 0 fully saturated rings. The van der Waals surface area contributed by atoms with Crippen LogP contribution >= 0.6 is 11.8 Å². The summed E-state index contributed by atoms with van der Waals surface area (Å²) in [6.07, 6.45) is 4.69. The van der Waals surface area contributed by atoms with E-state index in [9.17, 15) is 43.5 Å². The number of rotatable bonds is 29. The van der Waals surface area contributed by atoms with Crippen molar-refractivity contribution in [3.05, 3.63) is 0 Å². The Labute approximate surface area is 322 Å². The maximum Gasteiger partial charge on any atom is 0.326 e. The number of hydrogen-bond acceptors (Lipinski definition) is 12. The number of primary amides is 1. The molecule has 0 unspecified atom stereocenters. The highest BCUT2D eigenvalue weighted by Crippen LogP contribution is 2.10. The first-order valence-corrected chi connectivity index (χ1v) is 19.8. The van der Waals surface area contributed by atoms with Crippen LogP contribution in [0.4, 0.5) is 0 Å². The third kappa shape index (κ3) is 21.0. The lowest BCUT2D eigenvalue weighted by atomic mass is 10.0. The molecule has 0 bridgehead atoms. The highest BCUT2D eigenvalue weighted by molar-refractivity contribution is 7.98. The van der Waals surface area contributed by atoms with E-state index in [4.69, 9.17) is 22.9 Å². The third-order valence-electron chi connectivity index (χ3n) is 8.27. The van der Waals surface area contributed by atoms with Gasteiger partial charge in [0.15, 0.2) is 0 Å². The van der Waals surface area contributed by atoms with E-state index in [1.165, 1.54) is 25.6 Å². The normalized spacial score (nSPS) is 15.0. The predicted molar refractivity (Wildman–Crippen MR) is 205 cm³/mol. The minimum absolute atomic E-state index is 0.00936. The standard InChI is InChI=1S/C34H64N10O9S/c1-19(2)18-26(44-30(48)22(37)10-6-8-15-35)33(51)42-24(14-17-54-5)32(50)41-23(11-7-9-16-36)31(49)40-20(3)28(46)39-21(4)29(47)43-25(34(52)53)12-13-27(38)45/h19-26H,6-18,35-37H2,1-5H3,(H2,38,45)(H,39,46)(H,40,49)(H,41,50)(H,42,51)(H,43,47)(H,44,48)(H,52,53)/t20-,21-,22-,23-,24-,25-,26-/m0/s1. The average Bonchev–Trinajstić information content (AvgIpc) is 3.10. The Morgan fingerprint density at radius 3 is 1.52 bits per heavy atom. The fraction of sp³-hybridized carbons (Fsp3) is 0.765. The SMILES string of the molecule is CSCC[C@H](NC(=O)[C@H](CC(C)C)NC(=O)[C@@H](N)CCCCN)C(=O)N[C@@H](CCCCN)C(=O)N[C@@H](C)C(=O)N[C@@H](C)C(=O)N[C@@H](CCC(N)=O)C(=O)O. The third-order valence-corrected chi connectivity index (χ3v) is 8.91. The maximum absolute atomic E-state index is 13.7. The van der Waals surface area contributed by atoms with Gasteiger partial charge in [0, 0.05) is 6.42 Å². The summed E-state index contributed by atoms with van der Waals surface area (Å²) in [6, 6.07) is -7.84. The predicted octanol–water partition coefficient (Wildman–Crippen LogP) is -2.33. The first-order chi connectivity index (χ1) is 25.4. The van der Waals surface area contributed by atoms with Crippen molar-refractivity contribution >= 4 is 59.1 Å². The zero-order valence-corrected chi connectivity index (χ0v) is 33.1. The molecule has 0 spiro atoms. The topological polar surface area (TPSA) is 333 Å². The molecule has 7 atom stereocenters. The Bertz CT molecular complexity index is 1240. The van der Waals surface area contributed by atoms with Crippen LogP contribution in [0.3, 0.4) is 0 Å². The van der Waals surface area contributed by atoms with E-state index in [0.717, 1.165) is 0 Å². The molecule has 0 saturated heterocycles. The molecule has 0 aromatic rings. The van der Waals surface area contributed by atoms with Gasteiger partial charge < -0.3 is 59.9 Å². The Hall–Kier alpha value is -4.01. The quantitative estimate of drug-likeness (QED) is 0.0355. The zero-order chi connectivity index (χ0) is 41.4. The molecule has 0 radical (unpaired) electrons. The van der Waals surface area contributed by atoms with Gasteiger partial charge in [-0.15, -0.1) is 0 Å². The number of aliphatic carboxylic acids is 1. The molecular formula is C34H64N10O9S. The maximum atomic E-state index is 13.7. The highest BCUT2D eigenvalue weighted by Gasteiger charge is 2.32. The van der Waals surface area contributed by atoms with Gasteiger partial charge >= 0.3 is 5.97 Å². The number of carboxylic acid groups (broad SMARTS) is 1. The lowest BCUT2D eigenvalue weighted by molar-refractivity contribution is -0.142. The molecule has 0 aromatic carbocycles. The van der Waals surface area contributed by atoms with E-state index in [1.54, 1.807) is 0 Å². The van der Waals surface area contributed by atoms with Crippen molar-refractivity contribution < 1.29 is 43.5 Å². The number of thioether (sulfide) groups is 1. The summed E-state index contributed by atoms with van der Waals surface area (Å²) in [7, 11) is 0. The number of nitrogens with one attached hydrogen (secondary N) is 6. The van der Waals surface area contributed by atoms with Crippen molar-refractivity contribution in [3.8, 4) is 0 Å². The molecule has 0 aliphatic carbocycles. The zero-order valence-electron chi connectivity index (χ0n) is 32.2. The molecule has 0 aromatic heterocycles. The number of carboxylic acids is 1. The van der Waals surface area contributed by atoms with Gasteiger partial charge in [-0.05, 0) is 96.2 Å². The summed E-state index contributed by atoms with van der Waals surface area (Å²) in [5.41, 5.74) is 22.3. The first kappa shape index (κ1) is 50.0. The Kier molecular flexibility index (Phi) is 25.5. The molecular weight excluding hydrogens is 725 g/mol. The van der Waals surface area contributed by atoms with Gasteiger partial charge in [-0.2, -0.15) is 11.8 Å². The van der Waals surface area contributed by atoms with E-state index in [-0.39, 0.29) is 38.0 Å². The molecule has 0 saturated carbocycles. The van der Waals surface area contributed by atoms with Crippen molar-refractivity contribution in [3.63, 3.8) is 0 Å². The van der Waals surface area contributed by atoms with Crippen LogP contribution in [0, 0.1) is 5.92 Å². The van der Waals surface area contributed by atoms with Crippen LogP contribution in [0.15, 0.2) is 0 Å². The molecule has 0 heterocycles. The van der Waals surface area contributed by atoms with Gasteiger partial charge in [0.25, 0.3) is 0 Å². The number of nitrogens with two attached hydrogens (primary N) is 4. The monoisotopic (exact) mass is 788 g/mol. The van der Waals surface area contributed by atoms with Crippen LogP contribution in [0.5, 0.6) is 0 Å². The van der Waals surface area contributed by atoms with Crippen LogP contribution < -0.4 is 54.8 Å². The number of carbonyl (C=O) groups is 8. The summed E-state index contributed by atoms with van der Waals surface area (Å²) in [4.78, 5) is 102. The molecule has 19 nitrogen and oxygen atoms in total. The molecule has 0 rings (SSSR count). The van der Waals surface area contributed by atoms with Crippen LogP contribution in [0.1, 0.15) is 91.9 Å². The number of carbonyl (C=O) groups excluding carboxylic acids is 7. The average molecular weight is 789 g/mol. The Morgan fingerprint density at radius 1 is 0.574 bits per heavy atom. The van der Waals surface area contributed by atoms with Crippen molar-refractivity contribution in [1.29, 1.82) is 0 Å². The molecule has 20 heteroatoms. The van der Waals surface area contributed by atoms with Crippen LogP contribution in [0.25, 0.3) is 0 Å². The molecule has 0 aliphatic heterocycles. The minimum atomic E-state index is -1.42. The smallest absolute Gasteiger partial charge is 0.326 e. The summed E-state index contributed by atoms with van der Waals surface area (Å²) in [5, 5.41) is 24.7.